The molecular weight excluding hydrogens is 184 g/mol. The second-order valence-corrected chi connectivity index (χ2v) is 0. The van der Waals surface area contributed by atoms with Crippen LogP contribution in [0.2, 0.25) is 0 Å². The molecule has 1 nitrogen and oxygen atoms in total. The molecule has 4 heavy (non-hydrogen) atoms. The molecule has 0 amide bonds. The molecule has 3 N–H and O–H groups in total. The fourth-order valence-electron chi connectivity index (χ4n) is 0. The largest absolute Gasteiger partial charge is 0.344 e. The Morgan fingerprint density at radius 1 is 1.00 bits per heavy atom. The van der Waals surface area contributed by atoms with E-state index in [4.69, 9.17) is 0 Å². The van der Waals surface area contributed by atoms with Gasteiger partial charge >= 0.3 is 0 Å². The van der Waals surface area contributed by atoms with Crippen molar-refractivity contribution in [2.45, 2.75) is 0 Å². The van der Waals surface area contributed by atoms with E-state index in [-0.39, 0.29) is 57.6 Å². The molecule has 0 aliphatic heterocycles. The molecule has 0 bridgehead atoms. The Kier molecular flexibility index (Phi) is 292. The second kappa shape index (κ2) is 24.1. The molecule has 0 aromatic carbocycles. The predicted octanol–water partition coefficient (Wildman–Crippen LogP) is 0.154. The summed E-state index contributed by atoms with van der Waals surface area (Å²) in [5.74, 6) is 0. The Hall–Kier alpha value is 1.53. The number of hydrogen-bond donors (Lipinski definition) is 1. The van der Waals surface area contributed by atoms with Crippen molar-refractivity contribution in [2.75, 3.05) is 0 Å². The van der Waals surface area contributed by atoms with Gasteiger partial charge in [-0.1, -0.05) is 0 Å². The fourth-order valence-corrected chi connectivity index (χ4v) is 0. The maximum Gasteiger partial charge on any atom is 0 e. The van der Waals surface area contributed by atoms with Crippen LogP contribution >= 0.6 is 0 Å². The van der Waals surface area contributed by atoms with E-state index >= 15 is 0 Å². The Morgan fingerprint density at radius 3 is 1.00 bits per heavy atom. The second-order valence-electron chi connectivity index (χ2n) is 0. The van der Waals surface area contributed by atoms with Gasteiger partial charge in [-0.05, 0) is 0 Å². The third-order valence-electron chi connectivity index (χ3n) is 0. The molecule has 0 unspecified atom stereocenters. The molecule has 0 rings (SSSR count). The Bertz CT molecular complexity index is 8.00. The van der Waals surface area contributed by atoms with Crippen LogP contribution in [-0.2, 0) is 51.5 Å². The van der Waals surface area contributed by atoms with E-state index in [1.165, 1.54) is 0 Å². The van der Waals surface area contributed by atoms with Crippen molar-refractivity contribution in [1.29, 1.82) is 0 Å². The van der Waals surface area contributed by atoms with Gasteiger partial charge in [0.15, 0.2) is 0 Å². The van der Waals surface area contributed by atoms with Gasteiger partial charge in [0, 0.05) is 51.5 Å². The minimum absolute atomic E-state index is 0. The van der Waals surface area contributed by atoms with Crippen LogP contribution < -0.4 is 6.15 Å². The monoisotopic (exact) mass is 187 g/mol. The summed E-state index contributed by atoms with van der Waals surface area (Å²) in [6.45, 7) is 0. The Morgan fingerprint density at radius 2 is 1.00 bits per heavy atom. The molecule has 0 fully saturated rings. The topological polar surface area (TPSA) is 35.0 Å². The first-order valence-corrected chi connectivity index (χ1v) is 0. The molecule has 0 saturated heterocycles. The van der Waals surface area contributed by atoms with Crippen molar-refractivity contribution in [2.24, 2.45) is 0 Å². The minimum Gasteiger partial charge on any atom is -0.344 e. The molecule has 0 aliphatic carbocycles. The van der Waals surface area contributed by atoms with Crippen LogP contribution in [-0.4, -0.2) is 0 Å². The molecule has 2 radical (unpaired) electrons. The molecule has 0 aliphatic rings. The summed E-state index contributed by atoms with van der Waals surface area (Å²) in [6.07, 6.45) is 0. The van der Waals surface area contributed by atoms with Crippen LogP contribution in [0.4, 0.5) is 0 Å². The van der Waals surface area contributed by atoms with Crippen LogP contribution in [0.15, 0.2) is 0 Å². The quantitative estimate of drug-likeness (QED) is 0.539. The van der Waals surface area contributed by atoms with Crippen molar-refractivity contribution in [3.8, 4) is 0 Å². The van der Waals surface area contributed by atoms with Gasteiger partial charge in [-0.15, -0.1) is 0 Å². The van der Waals surface area contributed by atoms with Crippen molar-refractivity contribution in [3.05, 3.63) is 0 Å². The molecule has 0 atom stereocenters. The average molecular weight is 188 g/mol. The smallest absolute Gasteiger partial charge is 0 e. The van der Waals surface area contributed by atoms with Crippen LogP contribution in [0.5, 0.6) is 0 Å². The summed E-state index contributed by atoms with van der Waals surface area (Å²) >= 11 is 0. The standard InChI is InChI=1S/Cr.Cu.Mn.H3N/h;;;1H3. The van der Waals surface area contributed by atoms with Gasteiger partial charge in [-0.25, -0.2) is 0 Å². The fraction of sp³-hybridized carbons (Fsp3) is 0. The van der Waals surface area contributed by atoms with Crippen LogP contribution in [0.1, 0.15) is 0 Å². The third kappa shape index (κ3) is 9.65. The van der Waals surface area contributed by atoms with E-state index in [0.29, 0.717) is 0 Å². The van der Waals surface area contributed by atoms with E-state index in [1.54, 1.807) is 0 Å². The van der Waals surface area contributed by atoms with E-state index < -0.39 is 0 Å². The predicted molar refractivity (Wildman–Crippen MR) is 5.02 cm³/mol. The molecule has 0 aromatic heterocycles. The van der Waals surface area contributed by atoms with Crippen LogP contribution in [0.3, 0.4) is 0 Å². The first-order valence-electron chi connectivity index (χ1n) is 0. The summed E-state index contributed by atoms with van der Waals surface area (Å²) in [5, 5.41) is 0. The summed E-state index contributed by atoms with van der Waals surface area (Å²) in [7, 11) is 0. The van der Waals surface area contributed by atoms with Gasteiger partial charge in [-0.3, -0.25) is 0 Å². The molecule has 0 aromatic rings. The Labute approximate surface area is 57.6 Å². The van der Waals surface area contributed by atoms with Crippen molar-refractivity contribution in [1.82, 2.24) is 6.15 Å². The van der Waals surface area contributed by atoms with Gasteiger partial charge < -0.3 is 6.15 Å². The molecule has 32 valence electrons. The van der Waals surface area contributed by atoms with Crippen LogP contribution in [0.25, 0.3) is 0 Å². The van der Waals surface area contributed by atoms with E-state index in [2.05, 4.69) is 0 Å². The third-order valence-corrected chi connectivity index (χ3v) is 0. The molecular formula is H3CrCuMnN. The summed E-state index contributed by atoms with van der Waals surface area (Å²) in [5.41, 5.74) is 0. The van der Waals surface area contributed by atoms with E-state index in [0.717, 1.165) is 0 Å². The van der Waals surface area contributed by atoms with Crippen LogP contribution in [0, 0.1) is 0 Å². The van der Waals surface area contributed by atoms with Gasteiger partial charge in [0.05, 0.1) is 0 Å². The van der Waals surface area contributed by atoms with Gasteiger partial charge in [0.1, 0.15) is 0 Å². The first kappa shape index (κ1) is 48.4. The SMILES string of the molecule is N.[Cr].[Cu].[Mn]. The Balaban J connectivity index is 0. The first-order chi connectivity index (χ1) is 0. The number of rotatable bonds is 0. The van der Waals surface area contributed by atoms with E-state index in [1.807, 2.05) is 0 Å². The number of hydrogen-bond acceptors (Lipinski definition) is 1. The van der Waals surface area contributed by atoms with Crippen molar-refractivity contribution < 1.29 is 51.5 Å². The molecule has 0 spiro atoms. The summed E-state index contributed by atoms with van der Waals surface area (Å²) < 4.78 is 0. The zero-order chi connectivity index (χ0) is 0. The molecule has 4 heteroatoms. The normalized spacial score (nSPS) is 0. The van der Waals surface area contributed by atoms with Crippen molar-refractivity contribution in [3.63, 3.8) is 0 Å². The summed E-state index contributed by atoms with van der Waals surface area (Å²) in [6, 6.07) is 0. The van der Waals surface area contributed by atoms with Gasteiger partial charge in [-0.2, -0.15) is 0 Å². The maximum atomic E-state index is 0. The van der Waals surface area contributed by atoms with Crippen molar-refractivity contribution >= 4 is 0 Å². The molecule has 0 saturated carbocycles. The summed E-state index contributed by atoms with van der Waals surface area (Å²) in [4.78, 5) is 0. The minimum atomic E-state index is 0. The zero-order valence-electron chi connectivity index (χ0n) is 1.79. The zero-order valence-corrected chi connectivity index (χ0v) is 5.19. The van der Waals surface area contributed by atoms with E-state index in [9.17, 15) is 0 Å². The van der Waals surface area contributed by atoms with Gasteiger partial charge in [0.25, 0.3) is 0 Å². The molecule has 0 heterocycles. The average Bonchev–Trinajstić information content (AvgIpc) is 0. The van der Waals surface area contributed by atoms with Gasteiger partial charge in [0.2, 0.25) is 0 Å². The maximum absolute atomic E-state index is 0.